The van der Waals surface area contributed by atoms with E-state index in [0.29, 0.717) is 29.1 Å². The summed E-state index contributed by atoms with van der Waals surface area (Å²) < 4.78 is 41.7. The lowest BCUT2D eigenvalue weighted by atomic mass is 10.0. The highest BCUT2D eigenvalue weighted by Gasteiger charge is 2.20. The molecule has 0 saturated heterocycles. The number of allylic oxidation sites excluding steroid dienone is 2. The van der Waals surface area contributed by atoms with E-state index in [9.17, 15) is 17.6 Å². The average molecular weight is 360 g/mol. The molecule has 124 valence electrons. The number of carbonyl (C=O) groups is 1. The Hall–Kier alpha value is -1.93. The normalized spacial score (nSPS) is 16.6. The third kappa shape index (κ3) is 4.52. The Kier molecular flexibility index (Phi) is 5.06. The van der Waals surface area contributed by atoms with Crippen LogP contribution in [0.3, 0.4) is 0 Å². The second kappa shape index (κ2) is 6.67. The lowest BCUT2D eigenvalue weighted by molar-refractivity contribution is -0.116. The Bertz CT molecular complexity index is 819. The van der Waals surface area contributed by atoms with Crippen LogP contribution in [0, 0.1) is 5.82 Å². The quantitative estimate of drug-likeness (QED) is 0.866. The fraction of sp³-hybridized carbons (Fsp3) is 0.286. The summed E-state index contributed by atoms with van der Waals surface area (Å²) in [5, 5.41) is 2.53. The van der Waals surface area contributed by atoms with Crippen molar-refractivity contribution >= 4 is 39.1 Å². The van der Waals surface area contributed by atoms with Gasteiger partial charge in [-0.3, -0.25) is 9.52 Å². The zero-order chi connectivity index (χ0) is 17.2. The zero-order valence-electron chi connectivity index (χ0n) is 12.5. The maximum Gasteiger partial charge on any atom is 0.342 e. The van der Waals surface area contributed by atoms with Crippen LogP contribution in [0.2, 0.25) is 5.02 Å². The van der Waals surface area contributed by atoms with Gasteiger partial charge in [0.2, 0.25) is 5.91 Å². The van der Waals surface area contributed by atoms with Gasteiger partial charge in [0.25, 0.3) is 0 Å². The van der Waals surface area contributed by atoms with Crippen LogP contribution >= 0.6 is 11.6 Å². The summed E-state index contributed by atoms with van der Waals surface area (Å²) in [6.45, 7) is 3.19. The summed E-state index contributed by atoms with van der Waals surface area (Å²) in [6.07, 6.45) is 0.445. The predicted molar refractivity (Wildman–Crippen MR) is 87.1 cm³/mol. The third-order valence-corrected chi connectivity index (χ3v) is 4.60. The van der Waals surface area contributed by atoms with Gasteiger partial charge in [-0.2, -0.15) is 8.42 Å². The highest BCUT2D eigenvalue weighted by Crippen LogP contribution is 2.21. The second-order valence-electron chi connectivity index (χ2n) is 5.03. The number of benzene rings is 1. The Morgan fingerprint density at radius 1 is 1.39 bits per heavy atom. The van der Waals surface area contributed by atoms with Gasteiger partial charge in [0.05, 0.1) is 10.7 Å². The Balaban J connectivity index is 1.99. The van der Waals surface area contributed by atoms with E-state index in [2.05, 4.69) is 14.4 Å². The molecule has 0 saturated carbocycles. The SMILES string of the molecule is CC1=NS(=O)(=O)NC(C)=C1CCC(=O)Nc1ccc(F)c(Cl)c1. The van der Waals surface area contributed by atoms with Crippen molar-refractivity contribution in [1.82, 2.24) is 4.72 Å². The van der Waals surface area contributed by atoms with E-state index < -0.39 is 16.0 Å². The standard InChI is InChI=1S/C14H15ClFN3O3S/c1-8-11(9(2)19-23(21,22)18-8)4-6-14(20)17-10-3-5-13(16)12(15)7-10/h3,5,7,18H,4,6H2,1-2H3,(H,17,20). The van der Waals surface area contributed by atoms with Gasteiger partial charge < -0.3 is 5.32 Å². The number of anilines is 1. The molecule has 1 aromatic carbocycles. The third-order valence-electron chi connectivity index (χ3n) is 3.23. The predicted octanol–water partition coefficient (Wildman–Crippen LogP) is 2.78. The van der Waals surface area contributed by atoms with E-state index in [1.54, 1.807) is 13.8 Å². The van der Waals surface area contributed by atoms with Gasteiger partial charge in [0.1, 0.15) is 5.82 Å². The van der Waals surface area contributed by atoms with E-state index in [1.807, 2.05) is 0 Å². The van der Waals surface area contributed by atoms with Gasteiger partial charge in [-0.1, -0.05) is 11.6 Å². The Morgan fingerprint density at radius 3 is 2.70 bits per heavy atom. The van der Waals surface area contributed by atoms with E-state index in [4.69, 9.17) is 11.6 Å². The molecule has 0 aliphatic carbocycles. The minimum atomic E-state index is -3.68. The second-order valence-corrected chi connectivity index (χ2v) is 6.78. The average Bonchev–Trinajstić information content (AvgIpc) is 2.40. The maximum absolute atomic E-state index is 13.1. The lowest BCUT2D eigenvalue weighted by Crippen LogP contribution is -2.28. The van der Waals surface area contributed by atoms with Crippen molar-refractivity contribution in [1.29, 1.82) is 0 Å². The highest BCUT2D eigenvalue weighted by atomic mass is 35.5. The topological polar surface area (TPSA) is 87.6 Å². The van der Waals surface area contributed by atoms with Gasteiger partial charge in [0.15, 0.2) is 0 Å². The number of hydrogen-bond donors (Lipinski definition) is 2. The van der Waals surface area contributed by atoms with Gasteiger partial charge in [-0.15, -0.1) is 4.40 Å². The molecule has 0 bridgehead atoms. The number of halogens is 2. The minimum Gasteiger partial charge on any atom is -0.326 e. The van der Waals surface area contributed by atoms with E-state index in [-0.39, 0.29) is 17.4 Å². The van der Waals surface area contributed by atoms with Crippen LogP contribution in [0.25, 0.3) is 0 Å². The number of carbonyl (C=O) groups excluding carboxylic acids is 1. The van der Waals surface area contributed by atoms with Crippen LogP contribution in [0.15, 0.2) is 33.9 Å². The largest absolute Gasteiger partial charge is 0.342 e. The first kappa shape index (κ1) is 17.4. The van der Waals surface area contributed by atoms with Gasteiger partial charge >= 0.3 is 10.2 Å². The van der Waals surface area contributed by atoms with E-state index >= 15 is 0 Å². The van der Waals surface area contributed by atoms with E-state index in [1.165, 1.54) is 12.1 Å². The maximum atomic E-state index is 13.1. The summed E-state index contributed by atoms with van der Waals surface area (Å²) in [7, 11) is -3.68. The van der Waals surface area contributed by atoms with Crippen LogP contribution in [-0.4, -0.2) is 20.0 Å². The van der Waals surface area contributed by atoms with Gasteiger partial charge in [-0.05, 0) is 44.0 Å². The Morgan fingerprint density at radius 2 is 2.09 bits per heavy atom. The molecule has 1 heterocycles. The zero-order valence-corrected chi connectivity index (χ0v) is 14.1. The van der Waals surface area contributed by atoms with Crippen molar-refractivity contribution in [2.45, 2.75) is 26.7 Å². The molecule has 1 aliphatic heterocycles. The van der Waals surface area contributed by atoms with Crippen LogP contribution in [0.4, 0.5) is 10.1 Å². The van der Waals surface area contributed by atoms with Gasteiger partial charge in [0, 0.05) is 17.8 Å². The monoisotopic (exact) mass is 359 g/mol. The molecule has 6 nitrogen and oxygen atoms in total. The van der Waals surface area contributed by atoms with Crippen molar-refractivity contribution in [2.24, 2.45) is 4.40 Å². The number of hydrogen-bond acceptors (Lipinski definition) is 3. The molecule has 23 heavy (non-hydrogen) atoms. The molecule has 0 aromatic heterocycles. The molecule has 0 unspecified atom stereocenters. The van der Waals surface area contributed by atoms with Crippen LogP contribution in [-0.2, 0) is 15.0 Å². The summed E-state index contributed by atoms with van der Waals surface area (Å²) in [6, 6.07) is 3.89. The minimum absolute atomic E-state index is 0.0778. The summed E-state index contributed by atoms with van der Waals surface area (Å²) >= 11 is 5.65. The molecule has 0 spiro atoms. The van der Waals surface area contributed by atoms with Crippen molar-refractivity contribution in [3.8, 4) is 0 Å². The number of rotatable bonds is 4. The summed E-state index contributed by atoms with van der Waals surface area (Å²) in [4.78, 5) is 11.9. The smallest absolute Gasteiger partial charge is 0.326 e. The number of amides is 1. The molecule has 0 fully saturated rings. The lowest BCUT2D eigenvalue weighted by Gasteiger charge is -2.17. The first-order valence-electron chi connectivity index (χ1n) is 6.72. The van der Waals surface area contributed by atoms with Crippen molar-refractivity contribution in [3.05, 3.63) is 40.3 Å². The van der Waals surface area contributed by atoms with E-state index in [0.717, 1.165) is 6.07 Å². The van der Waals surface area contributed by atoms with Crippen molar-refractivity contribution in [2.75, 3.05) is 5.32 Å². The molecule has 1 aliphatic rings. The van der Waals surface area contributed by atoms with Crippen molar-refractivity contribution < 1.29 is 17.6 Å². The summed E-state index contributed by atoms with van der Waals surface area (Å²) in [5.41, 5.74) is 1.88. The van der Waals surface area contributed by atoms with Crippen LogP contribution in [0.1, 0.15) is 26.7 Å². The molecule has 2 N–H and O–H groups in total. The van der Waals surface area contributed by atoms with Crippen molar-refractivity contribution in [3.63, 3.8) is 0 Å². The summed E-state index contributed by atoms with van der Waals surface area (Å²) in [5.74, 6) is -0.860. The fourth-order valence-corrected chi connectivity index (χ4v) is 3.40. The first-order valence-corrected chi connectivity index (χ1v) is 8.54. The first-order chi connectivity index (χ1) is 10.7. The molecular weight excluding hydrogens is 345 g/mol. The molecule has 1 aromatic rings. The fourth-order valence-electron chi connectivity index (χ4n) is 2.19. The molecular formula is C14H15ClFN3O3S. The molecule has 0 atom stereocenters. The van der Waals surface area contributed by atoms with Crippen LogP contribution < -0.4 is 10.0 Å². The Labute approximate surface area is 138 Å². The number of nitrogens with one attached hydrogen (secondary N) is 2. The molecule has 9 heteroatoms. The molecule has 2 rings (SSSR count). The highest BCUT2D eigenvalue weighted by molar-refractivity contribution is 7.88. The van der Waals surface area contributed by atoms with Gasteiger partial charge in [-0.25, -0.2) is 4.39 Å². The number of nitrogens with zero attached hydrogens (tertiary/aromatic N) is 1. The molecule has 0 radical (unpaired) electrons. The molecule has 1 amide bonds. The van der Waals surface area contributed by atoms with Crippen LogP contribution in [0.5, 0.6) is 0 Å².